The molecule has 2 heterocycles. The summed E-state index contributed by atoms with van der Waals surface area (Å²) in [5.74, 6) is 0. The minimum atomic E-state index is -4.07. The molecule has 10 nitrogen and oxygen atoms in total. The van der Waals surface area contributed by atoms with Crippen LogP contribution in [0.15, 0.2) is 0 Å². The number of rotatable bonds is 8. The average Bonchev–Trinajstić information content (AvgIpc) is 3.00. The summed E-state index contributed by atoms with van der Waals surface area (Å²) in [5.41, 5.74) is 10.5. The number of nitrogens with two attached hydrogens (primary N) is 2. The van der Waals surface area contributed by atoms with E-state index < -0.39 is 33.7 Å². The minimum absolute atomic E-state index is 0.105. The lowest BCUT2D eigenvalue weighted by molar-refractivity contribution is 0.0149. The van der Waals surface area contributed by atoms with Gasteiger partial charge in [-0.25, -0.2) is 20.1 Å². The fraction of sp³-hybridized carbons (Fsp3) is 1.00. The van der Waals surface area contributed by atoms with Crippen LogP contribution in [0.4, 0.5) is 0 Å². The van der Waals surface area contributed by atoms with Gasteiger partial charge in [-0.05, 0) is 19.8 Å². The first-order valence-electron chi connectivity index (χ1n) is 7.82. The third kappa shape index (κ3) is 6.84. The molecule has 24 heavy (non-hydrogen) atoms. The summed E-state index contributed by atoms with van der Waals surface area (Å²) >= 11 is 0. The van der Waals surface area contributed by atoms with E-state index in [-0.39, 0.29) is 25.4 Å². The first kappa shape index (κ1) is 20.5. The molecule has 0 aromatic heterocycles. The Bertz CT molecular complexity index is 520. The van der Waals surface area contributed by atoms with Crippen LogP contribution in [0.3, 0.4) is 0 Å². The second-order valence-electron chi connectivity index (χ2n) is 6.18. The van der Waals surface area contributed by atoms with Gasteiger partial charge in [0.25, 0.3) is 0 Å². The zero-order valence-corrected chi connectivity index (χ0v) is 15.6. The molecule has 0 aliphatic carbocycles. The standard InChI is InChI=1S/C11H25BN2O8P2/c1-7-2-3-8(20-7)5-19-24(14,17)22-10-4-9(21-11(10)12)6-18-23(13,15)16/h7-11H,2-6,12H2,1H3,(H2,14,17)(H3,13,15,16)/t7-,8-,9-,10+,11+,24?/m0/s1. The molecule has 0 bridgehead atoms. The summed E-state index contributed by atoms with van der Waals surface area (Å²) < 4.78 is 49.5. The van der Waals surface area contributed by atoms with Crippen molar-refractivity contribution in [3.05, 3.63) is 0 Å². The zero-order valence-electron chi connectivity index (χ0n) is 13.8. The van der Waals surface area contributed by atoms with Gasteiger partial charge in [-0.3, -0.25) is 13.6 Å². The molecule has 2 unspecified atom stereocenters. The van der Waals surface area contributed by atoms with E-state index in [1.807, 2.05) is 6.92 Å². The maximum Gasteiger partial charge on any atom is 0.403 e. The summed E-state index contributed by atoms with van der Waals surface area (Å²) in [7, 11) is -6.11. The SMILES string of the molecule is B[C@@H]1O[C@H](COP(N)(=O)O)C[C@H]1OP(N)(=O)OC[C@@H]1CC[C@H](C)O1. The van der Waals surface area contributed by atoms with Crippen LogP contribution in [0.2, 0.25) is 0 Å². The Morgan fingerprint density at radius 1 is 1.17 bits per heavy atom. The van der Waals surface area contributed by atoms with Crippen molar-refractivity contribution in [2.45, 2.75) is 56.6 Å². The molecule has 2 fully saturated rings. The Balaban J connectivity index is 1.76. The molecule has 0 aromatic carbocycles. The van der Waals surface area contributed by atoms with Gasteiger partial charge in [-0.2, -0.15) is 0 Å². The van der Waals surface area contributed by atoms with Crippen molar-refractivity contribution < 1.29 is 37.1 Å². The Morgan fingerprint density at radius 3 is 2.42 bits per heavy atom. The van der Waals surface area contributed by atoms with Crippen LogP contribution < -0.4 is 11.0 Å². The minimum Gasteiger partial charge on any atom is -0.379 e. The first-order chi connectivity index (χ1) is 11.0. The monoisotopic (exact) mass is 386 g/mol. The van der Waals surface area contributed by atoms with E-state index >= 15 is 0 Å². The summed E-state index contributed by atoms with van der Waals surface area (Å²) in [6.45, 7) is 1.90. The van der Waals surface area contributed by atoms with E-state index in [0.717, 1.165) is 12.8 Å². The predicted octanol–water partition coefficient (Wildman–Crippen LogP) is -0.154. The lowest BCUT2D eigenvalue weighted by atomic mass is 9.95. The van der Waals surface area contributed by atoms with E-state index in [4.69, 9.17) is 34.4 Å². The smallest absolute Gasteiger partial charge is 0.379 e. The molecule has 0 amide bonds. The summed E-state index contributed by atoms with van der Waals surface area (Å²) in [6, 6.07) is -0.419. The lowest BCUT2D eigenvalue weighted by Crippen LogP contribution is -2.26. The van der Waals surface area contributed by atoms with Gasteiger partial charge < -0.3 is 14.4 Å². The van der Waals surface area contributed by atoms with Crippen LogP contribution >= 0.6 is 15.5 Å². The maximum atomic E-state index is 12.3. The molecule has 0 spiro atoms. The lowest BCUT2D eigenvalue weighted by Gasteiger charge is -2.21. The molecular weight excluding hydrogens is 361 g/mol. The highest BCUT2D eigenvalue weighted by molar-refractivity contribution is 7.51. The molecule has 0 aromatic rings. The third-order valence-electron chi connectivity index (χ3n) is 3.91. The van der Waals surface area contributed by atoms with Crippen LogP contribution in [0.5, 0.6) is 0 Å². The fourth-order valence-electron chi connectivity index (χ4n) is 2.74. The molecule has 0 saturated carbocycles. The Hall–Kier alpha value is 0.205. The molecule has 2 aliphatic rings. The second kappa shape index (κ2) is 8.27. The van der Waals surface area contributed by atoms with Crippen LogP contribution in [0.1, 0.15) is 26.2 Å². The van der Waals surface area contributed by atoms with Crippen molar-refractivity contribution >= 4 is 23.3 Å². The Labute approximate surface area is 142 Å². The van der Waals surface area contributed by atoms with Crippen LogP contribution in [0.25, 0.3) is 0 Å². The van der Waals surface area contributed by atoms with Gasteiger partial charge in [-0.15, -0.1) is 0 Å². The van der Waals surface area contributed by atoms with Gasteiger partial charge in [0.2, 0.25) is 0 Å². The second-order valence-corrected chi connectivity index (χ2v) is 9.12. The van der Waals surface area contributed by atoms with Gasteiger partial charge in [0.1, 0.15) is 7.85 Å². The molecule has 7 atom stereocenters. The number of ether oxygens (including phenoxy) is 2. The van der Waals surface area contributed by atoms with Crippen molar-refractivity contribution in [1.82, 2.24) is 0 Å². The summed E-state index contributed by atoms with van der Waals surface area (Å²) in [4.78, 5) is 8.92. The largest absolute Gasteiger partial charge is 0.403 e. The van der Waals surface area contributed by atoms with Crippen molar-refractivity contribution in [3.8, 4) is 0 Å². The molecule has 2 rings (SSSR count). The number of hydrogen-bond donors (Lipinski definition) is 3. The van der Waals surface area contributed by atoms with E-state index in [9.17, 15) is 9.13 Å². The van der Waals surface area contributed by atoms with Gasteiger partial charge in [0, 0.05) is 6.42 Å². The molecule has 2 aliphatic heterocycles. The average molecular weight is 386 g/mol. The normalized spacial score (nSPS) is 38.8. The highest BCUT2D eigenvalue weighted by Gasteiger charge is 2.38. The van der Waals surface area contributed by atoms with Crippen LogP contribution in [0, 0.1) is 0 Å². The summed E-state index contributed by atoms with van der Waals surface area (Å²) in [5, 5.41) is 0. The van der Waals surface area contributed by atoms with Crippen LogP contribution in [-0.4, -0.2) is 56.4 Å². The Morgan fingerprint density at radius 2 is 1.83 bits per heavy atom. The predicted molar refractivity (Wildman–Crippen MR) is 88.0 cm³/mol. The van der Waals surface area contributed by atoms with Crippen molar-refractivity contribution in [2.75, 3.05) is 13.2 Å². The van der Waals surface area contributed by atoms with Crippen molar-refractivity contribution in [1.29, 1.82) is 0 Å². The molecule has 0 radical (unpaired) electrons. The number of hydrogen-bond acceptors (Lipinski definition) is 7. The maximum absolute atomic E-state index is 12.3. The Kier molecular flexibility index (Phi) is 7.07. The molecular formula is C11H25BN2O8P2. The van der Waals surface area contributed by atoms with Crippen LogP contribution in [-0.2, 0) is 32.2 Å². The van der Waals surface area contributed by atoms with E-state index in [1.54, 1.807) is 7.85 Å². The molecule has 5 N–H and O–H groups in total. The van der Waals surface area contributed by atoms with E-state index in [1.165, 1.54) is 0 Å². The summed E-state index contributed by atoms with van der Waals surface area (Å²) in [6.07, 6.45) is 0.982. The van der Waals surface area contributed by atoms with Gasteiger partial charge in [-0.1, -0.05) is 0 Å². The zero-order chi connectivity index (χ0) is 18.0. The van der Waals surface area contributed by atoms with E-state index in [2.05, 4.69) is 4.52 Å². The molecule has 140 valence electrons. The third-order valence-corrected chi connectivity index (χ3v) is 5.51. The quantitative estimate of drug-likeness (QED) is 0.379. The van der Waals surface area contributed by atoms with Gasteiger partial charge in [0.15, 0.2) is 0 Å². The first-order valence-corrected chi connectivity index (χ1v) is 11.1. The van der Waals surface area contributed by atoms with Gasteiger partial charge >= 0.3 is 15.5 Å². The highest BCUT2D eigenvalue weighted by Crippen LogP contribution is 2.44. The topological polar surface area (TPSA) is 153 Å². The van der Waals surface area contributed by atoms with Crippen molar-refractivity contribution in [3.63, 3.8) is 0 Å². The van der Waals surface area contributed by atoms with Gasteiger partial charge in [0.05, 0.1) is 43.6 Å². The highest BCUT2D eigenvalue weighted by atomic mass is 31.2. The molecule has 13 heteroatoms. The molecule has 2 saturated heterocycles. The van der Waals surface area contributed by atoms with Crippen molar-refractivity contribution in [2.24, 2.45) is 11.0 Å². The fourth-order valence-corrected chi connectivity index (χ4v) is 4.19. The van der Waals surface area contributed by atoms with E-state index in [0.29, 0.717) is 6.42 Å².